The van der Waals surface area contributed by atoms with Gasteiger partial charge >= 0.3 is 0 Å². The zero-order valence-corrected chi connectivity index (χ0v) is 11.0. The third-order valence-electron chi connectivity index (χ3n) is 2.34. The van der Waals surface area contributed by atoms with Crippen molar-refractivity contribution in [2.75, 3.05) is 0 Å². The molecule has 4 nitrogen and oxygen atoms in total. The van der Waals surface area contributed by atoms with Gasteiger partial charge in [0.15, 0.2) is 5.69 Å². The van der Waals surface area contributed by atoms with Crippen molar-refractivity contribution in [3.05, 3.63) is 47.2 Å². The second-order valence-corrected chi connectivity index (χ2v) is 4.63. The minimum atomic E-state index is -0.184. The number of carbonyl (C=O) groups excluding carboxylic acids is 1. The molecular formula is C13H14ClN3O. The largest absolute Gasteiger partial charge is 0.348 e. The van der Waals surface area contributed by atoms with Crippen LogP contribution in [-0.4, -0.2) is 21.7 Å². The van der Waals surface area contributed by atoms with Gasteiger partial charge in [-0.25, -0.2) is 4.68 Å². The molecule has 0 saturated carbocycles. The second kappa shape index (κ2) is 5.23. The first-order valence-corrected chi connectivity index (χ1v) is 6.07. The van der Waals surface area contributed by atoms with Crippen molar-refractivity contribution < 1.29 is 4.79 Å². The van der Waals surface area contributed by atoms with Gasteiger partial charge in [0.05, 0.1) is 10.7 Å². The van der Waals surface area contributed by atoms with Gasteiger partial charge in [-0.15, -0.1) is 0 Å². The third-order valence-corrected chi connectivity index (χ3v) is 2.66. The van der Waals surface area contributed by atoms with Crippen LogP contribution in [0.5, 0.6) is 0 Å². The van der Waals surface area contributed by atoms with Crippen LogP contribution in [0.1, 0.15) is 24.3 Å². The molecule has 1 aromatic heterocycles. The topological polar surface area (TPSA) is 46.9 Å². The maximum atomic E-state index is 11.8. The fraction of sp³-hybridized carbons (Fsp3) is 0.231. The molecule has 1 aromatic carbocycles. The fourth-order valence-electron chi connectivity index (χ4n) is 1.55. The van der Waals surface area contributed by atoms with Crippen molar-refractivity contribution in [3.8, 4) is 5.69 Å². The summed E-state index contributed by atoms with van der Waals surface area (Å²) in [5.74, 6) is -0.184. The highest BCUT2D eigenvalue weighted by Gasteiger charge is 2.11. The lowest BCUT2D eigenvalue weighted by Crippen LogP contribution is -2.30. The number of nitrogens with zero attached hydrogens (tertiary/aromatic N) is 2. The molecule has 1 N–H and O–H groups in total. The lowest BCUT2D eigenvalue weighted by Gasteiger charge is -2.06. The molecule has 0 unspecified atom stereocenters. The number of rotatable bonds is 3. The van der Waals surface area contributed by atoms with Crippen molar-refractivity contribution in [1.82, 2.24) is 15.1 Å². The number of aromatic nitrogens is 2. The van der Waals surface area contributed by atoms with E-state index in [0.717, 1.165) is 5.69 Å². The standard InChI is InChI=1S/C13H14ClN3O/c1-9(2)15-13(18)11-7-8-17(16-11)12-6-4-3-5-10(12)14/h3-9H,1-2H3,(H,15,18). The molecule has 5 heteroatoms. The van der Waals surface area contributed by atoms with E-state index in [-0.39, 0.29) is 11.9 Å². The maximum Gasteiger partial charge on any atom is 0.271 e. The van der Waals surface area contributed by atoms with E-state index in [2.05, 4.69) is 10.4 Å². The second-order valence-electron chi connectivity index (χ2n) is 4.23. The van der Waals surface area contributed by atoms with Crippen LogP contribution in [0, 0.1) is 0 Å². The van der Waals surface area contributed by atoms with Crippen LogP contribution in [0.2, 0.25) is 5.02 Å². The van der Waals surface area contributed by atoms with Gasteiger partial charge in [0.1, 0.15) is 0 Å². The Balaban J connectivity index is 2.26. The summed E-state index contributed by atoms with van der Waals surface area (Å²) in [6.45, 7) is 3.81. The van der Waals surface area contributed by atoms with Gasteiger partial charge < -0.3 is 5.32 Å². The molecule has 1 amide bonds. The number of benzene rings is 1. The first kappa shape index (κ1) is 12.6. The van der Waals surface area contributed by atoms with Crippen LogP contribution in [0.3, 0.4) is 0 Å². The Morgan fingerprint density at radius 3 is 2.72 bits per heavy atom. The predicted molar refractivity (Wildman–Crippen MR) is 71.2 cm³/mol. The molecule has 0 aliphatic rings. The number of hydrogen-bond acceptors (Lipinski definition) is 2. The third kappa shape index (κ3) is 2.71. The Hall–Kier alpha value is -1.81. The monoisotopic (exact) mass is 263 g/mol. The van der Waals surface area contributed by atoms with E-state index in [1.54, 1.807) is 23.0 Å². The quantitative estimate of drug-likeness (QED) is 0.925. The molecule has 0 spiro atoms. The highest BCUT2D eigenvalue weighted by Crippen LogP contribution is 2.18. The molecule has 0 radical (unpaired) electrons. The number of amides is 1. The number of hydrogen-bond donors (Lipinski definition) is 1. The van der Waals surface area contributed by atoms with Gasteiger partial charge in [0.2, 0.25) is 0 Å². The molecular weight excluding hydrogens is 250 g/mol. The van der Waals surface area contributed by atoms with Crippen LogP contribution in [0.4, 0.5) is 0 Å². The summed E-state index contributed by atoms with van der Waals surface area (Å²) in [5.41, 5.74) is 1.13. The molecule has 2 aromatic rings. The first-order valence-electron chi connectivity index (χ1n) is 5.69. The average molecular weight is 264 g/mol. The van der Waals surface area contributed by atoms with Gasteiger partial charge in [-0.2, -0.15) is 5.10 Å². The highest BCUT2D eigenvalue weighted by atomic mass is 35.5. The van der Waals surface area contributed by atoms with Crippen LogP contribution in [0.15, 0.2) is 36.5 Å². The number of carbonyl (C=O) groups is 1. The lowest BCUT2D eigenvalue weighted by molar-refractivity contribution is 0.0937. The van der Waals surface area contributed by atoms with E-state index >= 15 is 0 Å². The fourth-order valence-corrected chi connectivity index (χ4v) is 1.78. The summed E-state index contributed by atoms with van der Waals surface area (Å²) in [6.07, 6.45) is 1.72. The van der Waals surface area contributed by atoms with Crippen molar-refractivity contribution in [2.24, 2.45) is 0 Å². The van der Waals surface area contributed by atoms with Crippen LogP contribution in [0.25, 0.3) is 5.69 Å². The molecule has 0 aliphatic carbocycles. The van der Waals surface area contributed by atoms with Crippen LogP contribution < -0.4 is 5.32 Å². The predicted octanol–water partition coefficient (Wildman–Crippen LogP) is 2.66. The zero-order chi connectivity index (χ0) is 13.1. The number of para-hydroxylation sites is 1. The van der Waals surface area contributed by atoms with Gasteiger partial charge in [0, 0.05) is 12.2 Å². The lowest BCUT2D eigenvalue weighted by atomic mass is 10.3. The Morgan fingerprint density at radius 2 is 2.06 bits per heavy atom. The van der Waals surface area contributed by atoms with E-state index < -0.39 is 0 Å². The summed E-state index contributed by atoms with van der Waals surface area (Å²) in [4.78, 5) is 11.8. The number of halogens is 1. The molecule has 0 fully saturated rings. The normalized spacial score (nSPS) is 10.7. The summed E-state index contributed by atoms with van der Waals surface area (Å²) in [7, 11) is 0. The van der Waals surface area contributed by atoms with E-state index in [1.165, 1.54) is 0 Å². The molecule has 0 atom stereocenters. The number of nitrogens with one attached hydrogen (secondary N) is 1. The van der Waals surface area contributed by atoms with Crippen molar-refractivity contribution in [3.63, 3.8) is 0 Å². The van der Waals surface area contributed by atoms with E-state index in [1.807, 2.05) is 32.0 Å². The maximum absolute atomic E-state index is 11.8. The SMILES string of the molecule is CC(C)NC(=O)c1ccn(-c2ccccc2Cl)n1. The first-order chi connectivity index (χ1) is 8.58. The Morgan fingerprint density at radius 1 is 1.33 bits per heavy atom. The van der Waals surface area contributed by atoms with E-state index in [0.29, 0.717) is 10.7 Å². The van der Waals surface area contributed by atoms with Crippen molar-refractivity contribution >= 4 is 17.5 Å². The molecule has 0 aliphatic heterocycles. The molecule has 0 saturated heterocycles. The Labute approximate surface area is 111 Å². The molecule has 0 bridgehead atoms. The van der Waals surface area contributed by atoms with E-state index in [4.69, 9.17) is 11.6 Å². The summed E-state index contributed by atoms with van der Waals surface area (Å²) < 4.78 is 1.59. The van der Waals surface area contributed by atoms with Crippen molar-refractivity contribution in [1.29, 1.82) is 0 Å². The van der Waals surface area contributed by atoms with Gasteiger partial charge in [-0.3, -0.25) is 4.79 Å². The molecule has 94 valence electrons. The Kier molecular flexibility index (Phi) is 3.67. The van der Waals surface area contributed by atoms with Gasteiger partial charge in [-0.1, -0.05) is 23.7 Å². The van der Waals surface area contributed by atoms with Crippen molar-refractivity contribution in [2.45, 2.75) is 19.9 Å². The summed E-state index contributed by atoms with van der Waals surface area (Å²) in [5, 5.41) is 7.60. The summed E-state index contributed by atoms with van der Waals surface area (Å²) in [6, 6.07) is 9.11. The van der Waals surface area contributed by atoms with Crippen LogP contribution >= 0.6 is 11.6 Å². The smallest absolute Gasteiger partial charge is 0.271 e. The minimum absolute atomic E-state index is 0.0861. The highest BCUT2D eigenvalue weighted by molar-refractivity contribution is 6.32. The van der Waals surface area contributed by atoms with Gasteiger partial charge in [-0.05, 0) is 32.0 Å². The molecule has 18 heavy (non-hydrogen) atoms. The average Bonchev–Trinajstić information content (AvgIpc) is 2.78. The van der Waals surface area contributed by atoms with Gasteiger partial charge in [0.25, 0.3) is 5.91 Å². The van der Waals surface area contributed by atoms with Crippen LogP contribution in [-0.2, 0) is 0 Å². The summed E-state index contributed by atoms with van der Waals surface area (Å²) >= 11 is 6.07. The Bertz CT molecular complexity index is 563. The molecule has 1 heterocycles. The zero-order valence-electron chi connectivity index (χ0n) is 10.2. The van der Waals surface area contributed by atoms with E-state index in [9.17, 15) is 4.79 Å². The molecule has 2 rings (SSSR count). The minimum Gasteiger partial charge on any atom is -0.348 e.